The molecule has 1 rings (SSSR count). The van der Waals surface area contributed by atoms with Crippen LogP contribution in [0.1, 0.15) is 33.6 Å². The van der Waals surface area contributed by atoms with E-state index in [4.69, 9.17) is 5.26 Å². The van der Waals surface area contributed by atoms with Gasteiger partial charge < -0.3 is 5.11 Å². The van der Waals surface area contributed by atoms with E-state index in [1.54, 1.807) is 20.8 Å². The molecule has 0 N–H and O–H groups in total. The van der Waals surface area contributed by atoms with Gasteiger partial charge in [0.2, 0.25) is 0 Å². The van der Waals surface area contributed by atoms with Gasteiger partial charge in [0.15, 0.2) is 9.84 Å². The van der Waals surface area contributed by atoms with Crippen LogP contribution in [0.3, 0.4) is 0 Å². The third kappa shape index (κ3) is 14.7. The van der Waals surface area contributed by atoms with Gasteiger partial charge in [-0.2, -0.15) is 5.26 Å². The Labute approximate surface area is 146 Å². The van der Waals surface area contributed by atoms with Crippen LogP contribution in [0.25, 0.3) is 0 Å². The Morgan fingerprint density at radius 1 is 1.29 bits per heavy atom. The monoisotopic (exact) mass is 283 g/mol. The molecule has 1 aliphatic rings. The Hall–Kier alpha value is 0.776. The molecule has 0 aliphatic carbocycles. The van der Waals surface area contributed by atoms with Crippen molar-refractivity contribution in [2.45, 2.75) is 39.2 Å². The molecular weight excluding hydrogens is 265 g/mol. The van der Waals surface area contributed by atoms with Crippen LogP contribution >= 0.6 is 0 Å². The van der Waals surface area contributed by atoms with E-state index < -0.39 is 15.4 Å². The molecule has 92 valence electrons. The fourth-order valence-corrected chi connectivity index (χ4v) is 2.39. The van der Waals surface area contributed by atoms with Crippen LogP contribution < -0.4 is 56.5 Å². The van der Waals surface area contributed by atoms with E-state index in [-0.39, 0.29) is 62.9 Å². The zero-order valence-corrected chi connectivity index (χ0v) is 14.9. The summed E-state index contributed by atoms with van der Waals surface area (Å²) in [5, 5.41) is 18.4. The summed E-state index contributed by atoms with van der Waals surface area (Å²) in [4.78, 5) is 0. The summed E-state index contributed by atoms with van der Waals surface area (Å²) in [6.07, 6.45) is 2.53. The molecule has 4 nitrogen and oxygen atoms in total. The molecule has 0 saturated carbocycles. The molecule has 0 aromatic rings. The molecule has 0 aromatic carbocycles. The molecule has 0 amide bonds. The van der Waals surface area contributed by atoms with E-state index in [2.05, 4.69) is 0 Å². The molecule has 17 heavy (non-hydrogen) atoms. The number of nitrogens with zero attached hydrogens (tertiary/aromatic N) is 1. The van der Waals surface area contributed by atoms with Gasteiger partial charge in [-0.15, -0.1) is 5.60 Å². The molecule has 6 heteroatoms. The smallest absolute Gasteiger partial charge is 0.850 e. The maximum absolute atomic E-state index is 10.9. The summed E-state index contributed by atoms with van der Waals surface area (Å²) in [6, 6.07) is 1.91. The summed E-state index contributed by atoms with van der Waals surface area (Å²) >= 11 is 0. The molecule has 1 aliphatic heterocycles. The van der Waals surface area contributed by atoms with Crippen molar-refractivity contribution < 1.29 is 64.9 Å². The summed E-state index contributed by atoms with van der Waals surface area (Å²) < 4.78 is 21.8. The van der Waals surface area contributed by atoms with Crippen molar-refractivity contribution in [1.29, 1.82) is 5.26 Å². The number of allylic oxidation sites excluding steroid dienone is 2. The van der Waals surface area contributed by atoms with E-state index in [1.807, 2.05) is 6.07 Å². The number of hydrogen-bond acceptors (Lipinski definition) is 4. The first-order valence-corrected chi connectivity index (χ1v) is 6.94. The zero-order chi connectivity index (χ0) is 12.8. The summed E-state index contributed by atoms with van der Waals surface area (Å²) in [5.41, 5.74) is 0.210. The fraction of sp³-hybridized carbons (Fsp3) is 0.727. The van der Waals surface area contributed by atoms with Crippen LogP contribution in [0, 0.1) is 11.3 Å². The zero-order valence-electron chi connectivity index (χ0n) is 11.0. The SMILES string of the molecule is CC(C)(C)[O-].N#CC=C1CCS(=O)(=O)CC1.[K+]. The second-order valence-corrected chi connectivity index (χ2v) is 7.00. The Morgan fingerprint density at radius 2 is 1.65 bits per heavy atom. The van der Waals surface area contributed by atoms with Crippen LogP contribution in [0.4, 0.5) is 0 Å². The third-order valence-electron chi connectivity index (χ3n) is 1.74. The molecule has 1 fully saturated rings. The predicted octanol–water partition coefficient (Wildman–Crippen LogP) is -2.21. The Bertz CT molecular complexity index is 366. The minimum atomic E-state index is -2.78. The largest absolute Gasteiger partial charge is 1.00 e. The average molecular weight is 283 g/mol. The maximum Gasteiger partial charge on any atom is 1.00 e. The maximum atomic E-state index is 10.9. The topological polar surface area (TPSA) is 81.0 Å². The van der Waals surface area contributed by atoms with Crippen molar-refractivity contribution in [3.05, 3.63) is 11.6 Å². The van der Waals surface area contributed by atoms with Crippen LogP contribution in [-0.2, 0) is 9.84 Å². The molecule has 0 bridgehead atoms. The van der Waals surface area contributed by atoms with Crippen molar-refractivity contribution in [2.24, 2.45) is 0 Å². The molecule has 0 atom stereocenters. The molecule has 1 saturated heterocycles. The van der Waals surface area contributed by atoms with Crippen LogP contribution in [-0.4, -0.2) is 25.5 Å². The van der Waals surface area contributed by atoms with E-state index >= 15 is 0 Å². The van der Waals surface area contributed by atoms with Crippen molar-refractivity contribution in [3.8, 4) is 6.07 Å². The van der Waals surface area contributed by atoms with Crippen molar-refractivity contribution >= 4 is 9.84 Å². The Balaban J connectivity index is 0. The van der Waals surface area contributed by atoms with Gasteiger partial charge in [0.1, 0.15) is 0 Å². The van der Waals surface area contributed by atoms with Crippen molar-refractivity contribution in [3.63, 3.8) is 0 Å². The van der Waals surface area contributed by atoms with Gasteiger partial charge in [0, 0.05) is 6.08 Å². The van der Waals surface area contributed by atoms with E-state index in [0.29, 0.717) is 12.8 Å². The minimum Gasteiger partial charge on any atom is -0.850 e. The summed E-state index contributed by atoms with van der Waals surface area (Å²) in [5.74, 6) is 0.418. The Morgan fingerprint density at radius 3 is 1.94 bits per heavy atom. The quantitative estimate of drug-likeness (QED) is 0.373. The van der Waals surface area contributed by atoms with Crippen molar-refractivity contribution in [2.75, 3.05) is 11.5 Å². The summed E-state index contributed by atoms with van der Waals surface area (Å²) in [6.45, 7) is 4.90. The van der Waals surface area contributed by atoms with Crippen LogP contribution in [0.15, 0.2) is 11.6 Å². The predicted molar refractivity (Wildman–Crippen MR) is 61.3 cm³/mol. The first kappa shape index (κ1) is 20.1. The van der Waals surface area contributed by atoms with E-state index in [0.717, 1.165) is 5.57 Å². The standard InChI is InChI=1S/C7H9NO2S.C4H9O.K/c8-4-1-7-2-5-11(9,10)6-3-7;1-4(2,3)5;/h1H,2-3,5-6H2;1-3H3;/q;-1;+1. The van der Waals surface area contributed by atoms with E-state index in [1.165, 1.54) is 6.08 Å². The molecule has 0 spiro atoms. The third-order valence-corrected chi connectivity index (χ3v) is 3.39. The number of hydrogen-bond donors (Lipinski definition) is 0. The first-order valence-electron chi connectivity index (χ1n) is 5.12. The van der Waals surface area contributed by atoms with Gasteiger partial charge in [-0.25, -0.2) is 8.42 Å². The van der Waals surface area contributed by atoms with Gasteiger partial charge in [-0.1, -0.05) is 26.3 Å². The van der Waals surface area contributed by atoms with Gasteiger partial charge in [0.25, 0.3) is 0 Å². The van der Waals surface area contributed by atoms with Gasteiger partial charge in [-0.05, 0) is 12.8 Å². The minimum absolute atomic E-state index is 0. The molecule has 1 heterocycles. The first-order chi connectivity index (χ1) is 7.14. The molecule has 0 radical (unpaired) electrons. The fourth-order valence-electron chi connectivity index (χ4n) is 1.04. The number of nitriles is 1. The normalized spacial score (nSPS) is 17.9. The van der Waals surface area contributed by atoms with E-state index in [9.17, 15) is 13.5 Å². The van der Waals surface area contributed by atoms with Crippen LogP contribution in [0.2, 0.25) is 0 Å². The van der Waals surface area contributed by atoms with Crippen LogP contribution in [0.5, 0.6) is 0 Å². The summed E-state index contributed by atoms with van der Waals surface area (Å²) in [7, 11) is -2.78. The Kier molecular flexibility index (Phi) is 10.4. The number of rotatable bonds is 0. The average Bonchev–Trinajstić information content (AvgIpc) is 2.06. The second kappa shape index (κ2) is 8.81. The molecule has 0 unspecified atom stereocenters. The number of sulfone groups is 1. The second-order valence-electron chi connectivity index (χ2n) is 4.70. The van der Waals surface area contributed by atoms with Gasteiger partial charge in [-0.3, -0.25) is 0 Å². The van der Waals surface area contributed by atoms with Crippen molar-refractivity contribution in [1.82, 2.24) is 0 Å². The van der Waals surface area contributed by atoms with Gasteiger partial charge in [0.05, 0.1) is 17.6 Å². The van der Waals surface area contributed by atoms with Gasteiger partial charge >= 0.3 is 51.4 Å². The molecular formula is C11H18KNO3S. The molecule has 0 aromatic heterocycles.